The Morgan fingerprint density at radius 1 is 1.10 bits per heavy atom. The van der Waals surface area contributed by atoms with E-state index in [0.717, 1.165) is 18.7 Å². The van der Waals surface area contributed by atoms with Crippen LogP contribution in [0.3, 0.4) is 0 Å². The predicted octanol–water partition coefficient (Wildman–Crippen LogP) is 3.13. The number of carbonyl (C=O) groups is 1. The van der Waals surface area contributed by atoms with E-state index in [9.17, 15) is 4.79 Å². The van der Waals surface area contributed by atoms with Gasteiger partial charge in [0, 0.05) is 24.2 Å². The molecule has 1 fully saturated rings. The second kappa shape index (κ2) is 6.37. The van der Waals surface area contributed by atoms with E-state index < -0.39 is 0 Å². The molecule has 1 amide bonds. The molecule has 116 valence electrons. The molecule has 1 heterocycles. The minimum absolute atomic E-state index is 0.0602. The Morgan fingerprint density at radius 2 is 1.57 bits per heavy atom. The normalized spacial score (nSPS) is 22.0. The maximum atomic E-state index is 12.8. The predicted molar refractivity (Wildman–Crippen MR) is 83.1 cm³/mol. The van der Waals surface area contributed by atoms with Crippen LogP contribution in [0.15, 0.2) is 12.1 Å². The molecular weight excluding hydrogens is 266 g/mol. The number of nitrogens with zero attached hydrogens (tertiary/aromatic N) is 1. The van der Waals surface area contributed by atoms with Crippen molar-refractivity contribution in [2.24, 2.45) is 11.8 Å². The fourth-order valence-corrected chi connectivity index (χ4v) is 3.22. The number of rotatable bonds is 3. The van der Waals surface area contributed by atoms with Crippen molar-refractivity contribution in [3.63, 3.8) is 0 Å². The van der Waals surface area contributed by atoms with Crippen molar-refractivity contribution in [1.29, 1.82) is 0 Å². The summed E-state index contributed by atoms with van der Waals surface area (Å²) in [5.41, 5.74) is 1.55. The minimum atomic E-state index is 0.0602. The van der Waals surface area contributed by atoms with Crippen LogP contribution in [0, 0.1) is 18.8 Å². The summed E-state index contributed by atoms with van der Waals surface area (Å²) in [6.45, 7) is 7.97. The van der Waals surface area contributed by atoms with E-state index in [1.807, 2.05) is 24.0 Å². The van der Waals surface area contributed by atoms with Gasteiger partial charge in [0.05, 0.1) is 14.2 Å². The average Bonchev–Trinajstić information content (AvgIpc) is 2.45. The summed E-state index contributed by atoms with van der Waals surface area (Å²) < 4.78 is 10.7. The third-order valence-corrected chi connectivity index (χ3v) is 4.16. The van der Waals surface area contributed by atoms with Crippen LogP contribution in [-0.2, 0) is 0 Å². The van der Waals surface area contributed by atoms with Crippen molar-refractivity contribution in [2.45, 2.75) is 27.2 Å². The summed E-state index contributed by atoms with van der Waals surface area (Å²) in [5.74, 6) is 2.54. The first kappa shape index (κ1) is 15.7. The summed E-state index contributed by atoms with van der Waals surface area (Å²) in [6, 6.07) is 3.62. The van der Waals surface area contributed by atoms with Crippen LogP contribution in [0.4, 0.5) is 0 Å². The molecule has 1 aliphatic rings. The van der Waals surface area contributed by atoms with E-state index in [0.29, 0.717) is 28.9 Å². The second-order valence-corrected chi connectivity index (χ2v) is 6.16. The van der Waals surface area contributed by atoms with Crippen LogP contribution in [0.25, 0.3) is 0 Å². The van der Waals surface area contributed by atoms with Crippen molar-refractivity contribution in [1.82, 2.24) is 4.90 Å². The smallest absolute Gasteiger partial charge is 0.254 e. The SMILES string of the molecule is COc1cc(C(=O)N2CC(C)CC(C)C2)cc(OC)c1C. The van der Waals surface area contributed by atoms with Crippen LogP contribution < -0.4 is 9.47 Å². The van der Waals surface area contributed by atoms with Gasteiger partial charge in [-0.15, -0.1) is 0 Å². The first-order valence-electron chi connectivity index (χ1n) is 7.48. The number of ether oxygens (including phenoxy) is 2. The molecule has 1 aliphatic heterocycles. The van der Waals surface area contributed by atoms with Gasteiger partial charge in [-0.25, -0.2) is 0 Å². The van der Waals surface area contributed by atoms with Gasteiger partial charge in [0.2, 0.25) is 0 Å². The highest BCUT2D eigenvalue weighted by Gasteiger charge is 2.27. The summed E-state index contributed by atoms with van der Waals surface area (Å²) in [6.07, 6.45) is 1.18. The number of hydrogen-bond donors (Lipinski definition) is 0. The Labute approximate surface area is 127 Å². The van der Waals surface area contributed by atoms with E-state index >= 15 is 0 Å². The highest BCUT2D eigenvalue weighted by atomic mass is 16.5. The van der Waals surface area contributed by atoms with Gasteiger partial charge in [-0.3, -0.25) is 4.79 Å². The molecule has 4 nitrogen and oxygen atoms in total. The monoisotopic (exact) mass is 291 g/mol. The van der Waals surface area contributed by atoms with Crippen molar-refractivity contribution in [2.75, 3.05) is 27.3 Å². The maximum Gasteiger partial charge on any atom is 0.254 e. The number of benzene rings is 1. The van der Waals surface area contributed by atoms with Crippen molar-refractivity contribution < 1.29 is 14.3 Å². The van der Waals surface area contributed by atoms with Crippen LogP contribution in [0.5, 0.6) is 11.5 Å². The molecule has 0 radical (unpaired) electrons. The quantitative estimate of drug-likeness (QED) is 0.859. The van der Waals surface area contributed by atoms with Crippen molar-refractivity contribution in [3.05, 3.63) is 23.3 Å². The highest BCUT2D eigenvalue weighted by Crippen LogP contribution is 2.31. The van der Waals surface area contributed by atoms with Gasteiger partial charge in [-0.2, -0.15) is 0 Å². The molecule has 4 heteroatoms. The molecule has 1 saturated heterocycles. The first-order valence-corrected chi connectivity index (χ1v) is 7.48. The van der Waals surface area contributed by atoms with Gasteiger partial charge >= 0.3 is 0 Å². The van der Waals surface area contributed by atoms with E-state index in [4.69, 9.17) is 9.47 Å². The van der Waals surface area contributed by atoms with Crippen molar-refractivity contribution in [3.8, 4) is 11.5 Å². The molecule has 1 aromatic rings. The largest absolute Gasteiger partial charge is 0.496 e. The topological polar surface area (TPSA) is 38.8 Å². The van der Waals surface area contributed by atoms with Crippen molar-refractivity contribution >= 4 is 5.91 Å². The van der Waals surface area contributed by atoms with Gasteiger partial charge in [0.15, 0.2) is 0 Å². The van der Waals surface area contributed by atoms with Gasteiger partial charge in [0.25, 0.3) is 5.91 Å². The van der Waals surface area contributed by atoms with Gasteiger partial charge in [0.1, 0.15) is 11.5 Å². The molecule has 0 saturated carbocycles. The molecule has 2 atom stereocenters. The maximum absolute atomic E-state index is 12.8. The van der Waals surface area contributed by atoms with E-state index in [1.165, 1.54) is 6.42 Å². The second-order valence-electron chi connectivity index (χ2n) is 6.16. The molecule has 2 rings (SSSR count). The Hall–Kier alpha value is -1.71. The summed E-state index contributed by atoms with van der Waals surface area (Å²) in [4.78, 5) is 14.7. The van der Waals surface area contributed by atoms with Crippen LogP contribution in [-0.4, -0.2) is 38.1 Å². The standard InChI is InChI=1S/C17H25NO3/c1-11-6-12(2)10-18(9-11)17(19)14-7-15(20-4)13(3)16(8-14)21-5/h7-8,11-12H,6,9-10H2,1-5H3. The van der Waals surface area contributed by atoms with Gasteiger partial charge in [-0.1, -0.05) is 13.8 Å². The summed E-state index contributed by atoms with van der Waals surface area (Å²) in [7, 11) is 3.22. The van der Waals surface area contributed by atoms with E-state index in [1.54, 1.807) is 14.2 Å². The number of amides is 1. The Kier molecular flexibility index (Phi) is 4.76. The Morgan fingerprint density at radius 3 is 2.00 bits per heavy atom. The zero-order valence-electron chi connectivity index (χ0n) is 13.6. The molecule has 2 unspecified atom stereocenters. The zero-order chi connectivity index (χ0) is 15.6. The summed E-state index contributed by atoms with van der Waals surface area (Å²) >= 11 is 0. The molecule has 0 aliphatic carbocycles. The molecule has 0 N–H and O–H groups in total. The number of carbonyl (C=O) groups excluding carboxylic acids is 1. The molecule has 1 aromatic carbocycles. The number of likely N-dealkylation sites (tertiary alicyclic amines) is 1. The molecule has 0 spiro atoms. The van der Waals surface area contributed by atoms with Crippen LogP contribution in [0.2, 0.25) is 0 Å². The first-order chi connectivity index (χ1) is 9.96. The Balaban J connectivity index is 2.30. The lowest BCUT2D eigenvalue weighted by Gasteiger charge is -2.35. The van der Waals surface area contributed by atoms with Gasteiger partial charge < -0.3 is 14.4 Å². The molecule has 0 bridgehead atoms. The lowest BCUT2D eigenvalue weighted by Crippen LogP contribution is -2.42. The fraction of sp³-hybridized carbons (Fsp3) is 0.588. The molecule has 21 heavy (non-hydrogen) atoms. The third-order valence-electron chi connectivity index (χ3n) is 4.16. The highest BCUT2D eigenvalue weighted by molar-refractivity contribution is 5.95. The van der Waals surface area contributed by atoms with Gasteiger partial charge in [-0.05, 0) is 37.3 Å². The Bertz CT molecular complexity index is 492. The number of piperidine rings is 1. The number of hydrogen-bond acceptors (Lipinski definition) is 3. The summed E-state index contributed by atoms with van der Waals surface area (Å²) in [5, 5.41) is 0. The van der Waals surface area contributed by atoms with E-state index in [2.05, 4.69) is 13.8 Å². The van der Waals surface area contributed by atoms with E-state index in [-0.39, 0.29) is 5.91 Å². The molecular formula is C17H25NO3. The average molecular weight is 291 g/mol. The minimum Gasteiger partial charge on any atom is -0.496 e. The lowest BCUT2D eigenvalue weighted by molar-refractivity contribution is 0.0622. The zero-order valence-corrected chi connectivity index (χ0v) is 13.6. The lowest BCUT2D eigenvalue weighted by atomic mass is 9.91. The van der Waals surface area contributed by atoms with Crippen LogP contribution in [0.1, 0.15) is 36.2 Å². The van der Waals surface area contributed by atoms with Crippen LogP contribution >= 0.6 is 0 Å². The molecule has 0 aromatic heterocycles. The number of methoxy groups -OCH3 is 2. The third kappa shape index (κ3) is 3.31. The fourth-order valence-electron chi connectivity index (χ4n) is 3.22.